The van der Waals surface area contributed by atoms with Crippen LogP contribution < -0.4 is 11.1 Å². The lowest BCUT2D eigenvalue weighted by molar-refractivity contribution is -0.120. The number of thiophene rings is 1. The number of anilines is 2. The molecule has 0 saturated carbocycles. The molecule has 0 bridgehead atoms. The molecule has 4 nitrogen and oxygen atoms in total. The van der Waals surface area contributed by atoms with Gasteiger partial charge in [0.1, 0.15) is 0 Å². The number of amides is 1. The number of rotatable bonds is 5. The minimum absolute atomic E-state index is 0.0978. The van der Waals surface area contributed by atoms with Crippen LogP contribution in [0.15, 0.2) is 35.0 Å². The number of likely N-dealkylation sites (N-methyl/N-ethyl adjacent to an activating group) is 1. The molecular weight excluding hydrogens is 306 g/mol. The highest BCUT2D eigenvalue weighted by Gasteiger charge is 2.19. The smallest absolute Gasteiger partial charge is 0.241 e. The van der Waals surface area contributed by atoms with Crippen LogP contribution in [-0.2, 0) is 11.3 Å². The molecule has 0 spiro atoms. The van der Waals surface area contributed by atoms with Crippen molar-refractivity contribution in [2.75, 3.05) is 18.1 Å². The van der Waals surface area contributed by atoms with Crippen molar-refractivity contribution in [3.05, 3.63) is 45.6 Å². The van der Waals surface area contributed by atoms with Crippen LogP contribution in [0.2, 0.25) is 5.02 Å². The molecule has 1 aromatic heterocycles. The summed E-state index contributed by atoms with van der Waals surface area (Å²) in [4.78, 5) is 14.3. The van der Waals surface area contributed by atoms with E-state index in [2.05, 4.69) is 16.8 Å². The van der Waals surface area contributed by atoms with Gasteiger partial charge in [0.2, 0.25) is 5.91 Å². The van der Waals surface area contributed by atoms with E-state index in [4.69, 9.17) is 17.3 Å². The fraction of sp³-hybridized carbons (Fsp3) is 0.267. The van der Waals surface area contributed by atoms with Crippen LogP contribution in [0, 0.1) is 0 Å². The Kier molecular flexibility index (Phi) is 5.22. The van der Waals surface area contributed by atoms with E-state index < -0.39 is 0 Å². The summed E-state index contributed by atoms with van der Waals surface area (Å²) in [7, 11) is 1.92. The van der Waals surface area contributed by atoms with E-state index in [0.29, 0.717) is 16.4 Å². The van der Waals surface area contributed by atoms with Crippen molar-refractivity contribution in [2.24, 2.45) is 0 Å². The molecule has 2 rings (SSSR count). The molecule has 1 atom stereocenters. The Balaban J connectivity index is 1.98. The number of nitrogens with zero attached hydrogens (tertiary/aromatic N) is 1. The van der Waals surface area contributed by atoms with E-state index in [1.165, 1.54) is 5.56 Å². The molecule has 3 N–H and O–H groups in total. The molecule has 0 saturated heterocycles. The van der Waals surface area contributed by atoms with Crippen LogP contribution in [0.1, 0.15) is 12.5 Å². The van der Waals surface area contributed by atoms with Gasteiger partial charge in [0, 0.05) is 12.2 Å². The first-order valence-electron chi connectivity index (χ1n) is 6.54. The van der Waals surface area contributed by atoms with Crippen LogP contribution in [-0.4, -0.2) is 23.9 Å². The van der Waals surface area contributed by atoms with Gasteiger partial charge in [-0.3, -0.25) is 9.69 Å². The predicted molar refractivity (Wildman–Crippen MR) is 89.7 cm³/mol. The highest BCUT2D eigenvalue weighted by molar-refractivity contribution is 7.07. The second-order valence-corrected chi connectivity index (χ2v) is 6.14. The number of halogens is 1. The van der Waals surface area contributed by atoms with E-state index in [0.717, 1.165) is 6.54 Å². The van der Waals surface area contributed by atoms with Crippen molar-refractivity contribution in [3.8, 4) is 0 Å². The van der Waals surface area contributed by atoms with Gasteiger partial charge < -0.3 is 11.1 Å². The van der Waals surface area contributed by atoms with Crippen LogP contribution in [0.25, 0.3) is 0 Å². The Morgan fingerprint density at radius 1 is 1.48 bits per heavy atom. The average molecular weight is 324 g/mol. The lowest BCUT2D eigenvalue weighted by atomic mass is 10.2. The molecule has 0 aliphatic rings. The zero-order chi connectivity index (χ0) is 15.4. The van der Waals surface area contributed by atoms with Gasteiger partial charge >= 0.3 is 0 Å². The van der Waals surface area contributed by atoms with E-state index in [9.17, 15) is 4.79 Å². The highest BCUT2D eigenvalue weighted by atomic mass is 35.5. The molecule has 0 radical (unpaired) electrons. The molecule has 0 aliphatic carbocycles. The Morgan fingerprint density at radius 2 is 2.24 bits per heavy atom. The summed E-state index contributed by atoms with van der Waals surface area (Å²) in [6, 6.07) is 6.83. The van der Waals surface area contributed by atoms with Crippen LogP contribution >= 0.6 is 22.9 Å². The number of nitrogens with one attached hydrogen (secondary N) is 1. The summed E-state index contributed by atoms with van der Waals surface area (Å²) >= 11 is 7.72. The zero-order valence-electron chi connectivity index (χ0n) is 12.0. The second kappa shape index (κ2) is 6.93. The third-order valence-electron chi connectivity index (χ3n) is 3.30. The summed E-state index contributed by atoms with van der Waals surface area (Å²) < 4.78 is 0. The SMILES string of the molecule is CC(C(=O)Nc1ccc(N)cc1Cl)N(C)Cc1ccsc1. The largest absolute Gasteiger partial charge is 0.399 e. The van der Waals surface area contributed by atoms with E-state index in [1.807, 2.05) is 24.3 Å². The maximum absolute atomic E-state index is 12.3. The highest BCUT2D eigenvalue weighted by Crippen LogP contribution is 2.24. The van der Waals surface area contributed by atoms with Crippen molar-refractivity contribution in [1.29, 1.82) is 0 Å². The van der Waals surface area contributed by atoms with Crippen molar-refractivity contribution in [2.45, 2.75) is 19.5 Å². The molecule has 1 amide bonds. The summed E-state index contributed by atoms with van der Waals surface area (Å²) in [5.74, 6) is -0.0978. The first-order valence-corrected chi connectivity index (χ1v) is 7.86. The van der Waals surface area contributed by atoms with Crippen molar-refractivity contribution in [1.82, 2.24) is 4.90 Å². The number of hydrogen-bond donors (Lipinski definition) is 2. The van der Waals surface area contributed by atoms with Crippen LogP contribution in [0.5, 0.6) is 0 Å². The normalized spacial score (nSPS) is 12.4. The molecule has 112 valence electrons. The molecule has 1 heterocycles. The Morgan fingerprint density at radius 3 is 2.86 bits per heavy atom. The van der Waals surface area contributed by atoms with Gasteiger partial charge in [0.15, 0.2) is 0 Å². The predicted octanol–water partition coefficient (Wildman–Crippen LogP) is 3.44. The van der Waals surface area contributed by atoms with Crippen molar-refractivity contribution < 1.29 is 4.79 Å². The fourth-order valence-electron chi connectivity index (χ4n) is 1.88. The Labute approximate surface area is 133 Å². The lowest BCUT2D eigenvalue weighted by Crippen LogP contribution is -2.39. The number of nitrogen functional groups attached to an aromatic ring is 1. The third-order valence-corrected chi connectivity index (χ3v) is 4.35. The van der Waals surface area contributed by atoms with Gasteiger partial charge in [-0.1, -0.05) is 11.6 Å². The summed E-state index contributed by atoms with van der Waals surface area (Å²) in [5.41, 5.74) is 7.98. The molecule has 21 heavy (non-hydrogen) atoms. The van der Waals surface area contributed by atoms with Gasteiger partial charge in [0.25, 0.3) is 0 Å². The molecular formula is C15H18ClN3OS. The summed E-state index contributed by atoms with van der Waals surface area (Å²) in [6.07, 6.45) is 0. The van der Waals surface area contributed by atoms with Crippen LogP contribution in [0.3, 0.4) is 0 Å². The number of hydrogen-bond acceptors (Lipinski definition) is 4. The number of carbonyl (C=O) groups is 1. The first kappa shape index (κ1) is 15.8. The first-order chi connectivity index (χ1) is 9.97. The number of nitrogens with two attached hydrogens (primary N) is 1. The number of carbonyl (C=O) groups excluding carboxylic acids is 1. The van der Waals surface area contributed by atoms with E-state index in [1.54, 1.807) is 29.5 Å². The zero-order valence-corrected chi connectivity index (χ0v) is 13.5. The van der Waals surface area contributed by atoms with Crippen LogP contribution in [0.4, 0.5) is 11.4 Å². The molecule has 0 fully saturated rings. The molecule has 1 unspecified atom stereocenters. The van der Waals surface area contributed by atoms with Crippen molar-refractivity contribution in [3.63, 3.8) is 0 Å². The molecule has 0 aliphatic heterocycles. The number of benzene rings is 1. The Hall–Kier alpha value is -1.56. The van der Waals surface area contributed by atoms with Crippen molar-refractivity contribution >= 4 is 40.2 Å². The van der Waals surface area contributed by atoms with E-state index in [-0.39, 0.29) is 11.9 Å². The monoisotopic (exact) mass is 323 g/mol. The molecule has 2 aromatic rings. The van der Waals surface area contributed by atoms with Gasteiger partial charge in [0.05, 0.1) is 16.8 Å². The van der Waals surface area contributed by atoms with Gasteiger partial charge in [-0.15, -0.1) is 0 Å². The average Bonchev–Trinajstić information content (AvgIpc) is 2.93. The maximum atomic E-state index is 12.3. The minimum atomic E-state index is -0.265. The second-order valence-electron chi connectivity index (χ2n) is 4.95. The lowest BCUT2D eigenvalue weighted by Gasteiger charge is -2.23. The quantitative estimate of drug-likeness (QED) is 0.829. The van der Waals surface area contributed by atoms with Gasteiger partial charge in [-0.05, 0) is 54.6 Å². The Bertz CT molecular complexity index is 615. The summed E-state index contributed by atoms with van der Waals surface area (Å²) in [6.45, 7) is 2.60. The molecule has 6 heteroatoms. The molecule has 1 aromatic carbocycles. The maximum Gasteiger partial charge on any atom is 0.241 e. The topological polar surface area (TPSA) is 58.4 Å². The third kappa shape index (κ3) is 4.20. The van der Waals surface area contributed by atoms with Gasteiger partial charge in [-0.2, -0.15) is 11.3 Å². The minimum Gasteiger partial charge on any atom is -0.399 e. The van der Waals surface area contributed by atoms with E-state index >= 15 is 0 Å². The standard InChI is InChI=1S/C15H18ClN3OS/c1-10(19(2)8-11-5-6-21-9-11)15(20)18-14-4-3-12(17)7-13(14)16/h3-7,9-10H,8,17H2,1-2H3,(H,18,20). The summed E-state index contributed by atoms with van der Waals surface area (Å²) in [5, 5.41) is 7.38. The van der Waals surface area contributed by atoms with Gasteiger partial charge in [-0.25, -0.2) is 0 Å². The fourth-order valence-corrected chi connectivity index (χ4v) is 2.77.